The van der Waals surface area contributed by atoms with E-state index in [4.69, 9.17) is 5.11 Å². The number of nitrogens with zero attached hydrogens (tertiary/aromatic N) is 2. The molecule has 2 aromatic rings. The van der Waals surface area contributed by atoms with Gasteiger partial charge in [0.2, 0.25) is 0 Å². The van der Waals surface area contributed by atoms with Crippen molar-refractivity contribution in [3.05, 3.63) is 59.9 Å². The molecule has 0 unspecified atom stereocenters. The van der Waals surface area contributed by atoms with Crippen LogP contribution >= 0.6 is 0 Å². The molecule has 0 aliphatic carbocycles. The van der Waals surface area contributed by atoms with Crippen molar-refractivity contribution in [2.45, 2.75) is 20.0 Å². The lowest BCUT2D eigenvalue weighted by Crippen LogP contribution is -2.32. The highest BCUT2D eigenvalue weighted by Gasteiger charge is 2.18. The second-order valence-corrected chi connectivity index (χ2v) is 4.72. The third kappa shape index (κ3) is 3.72. The van der Waals surface area contributed by atoms with Crippen LogP contribution in [0.2, 0.25) is 0 Å². The molecule has 0 spiro atoms. The Bertz CT molecular complexity index is 619. The molecule has 0 aliphatic heterocycles. The molecule has 1 heterocycles. The third-order valence-corrected chi connectivity index (χ3v) is 3.24. The van der Waals surface area contributed by atoms with Gasteiger partial charge in [-0.25, -0.2) is 0 Å². The SMILES string of the molecule is CCN(Cc1ccccc1)C(=O)c1cccn1CC(=O)O. The van der Waals surface area contributed by atoms with E-state index in [0.717, 1.165) is 5.56 Å². The predicted molar refractivity (Wildman–Crippen MR) is 78.9 cm³/mol. The molecule has 5 heteroatoms. The van der Waals surface area contributed by atoms with Crippen molar-refractivity contribution < 1.29 is 14.7 Å². The molecule has 1 N–H and O–H groups in total. The van der Waals surface area contributed by atoms with Crippen LogP contribution in [0, 0.1) is 0 Å². The molecule has 0 atom stereocenters. The molecular weight excluding hydrogens is 268 g/mol. The number of amides is 1. The maximum absolute atomic E-state index is 12.6. The number of hydrogen-bond donors (Lipinski definition) is 1. The van der Waals surface area contributed by atoms with Gasteiger partial charge in [0.25, 0.3) is 5.91 Å². The molecule has 0 radical (unpaired) electrons. The highest BCUT2D eigenvalue weighted by molar-refractivity contribution is 5.93. The maximum atomic E-state index is 12.6. The molecule has 21 heavy (non-hydrogen) atoms. The Hall–Kier alpha value is -2.56. The van der Waals surface area contributed by atoms with E-state index in [9.17, 15) is 9.59 Å². The predicted octanol–water partition coefficient (Wildman–Crippen LogP) is 2.23. The lowest BCUT2D eigenvalue weighted by molar-refractivity contribution is -0.137. The number of rotatable bonds is 6. The maximum Gasteiger partial charge on any atom is 0.323 e. The Morgan fingerprint density at radius 2 is 1.86 bits per heavy atom. The molecule has 5 nitrogen and oxygen atoms in total. The molecule has 1 amide bonds. The second kappa shape index (κ2) is 6.74. The Morgan fingerprint density at radius 1 is 1.14 bits per heavy atom. The zero-order valence-electron chi connectivity index (χ0n) is 11.9. The Labute approximate surface area is 123 Å². The number of aliphatic carboxylic acids is 1. The van der Waals surface area contributed by atoms with Crippen molar-refractivity contribution in [1.82, 2.24) is 9.47 Å². The van der Waals surface area contributed by atoms with Gasteiger partial charge in [-0.15, -0.1) is 0 Å². The van der Waals surface area contributed by atoms with E-state index in [-0.39, 0.29) is 12.5 Å². The largest absolute Gasteiger partial charge is 0.480 e. The summed E-state index contributed by atoms with van der Waals surface area (Å²) in [4.78, 5) is 25.1. The minimum absolute atomic E-state index is 0.160. The molecule has 1 aromatic heterocycles. The highest BCUT2D eigenvalue weighted by Crippen LogP contribution is 2.11. The van der Waals surface area contributed by atoms with Gasteiger partial charge >= 0.3 is 5.97 Å². The van der Waals surface area contributed by atoms with Crippen molar-refractivity contribution in [2.24, 2.45) is 0 Å². The normalized spacial score (nSPS) is 10.3. The van der Waals surface area contributed by atoms with E-state index >= 15 is 0 Å². The van der Waals surface area contributed by atoms with Gasteiger partial charge in [-0.05, 0) is 24.6 Å². The fraction of sp³-hybridized carbons (Fsp3) is 0.250. The van der Waals surface area contributed by atoms with Crippen LogP contribution in [0.4, 0.5) is 0 Å². The van der Waals surface area contributed by atoms with E-state index in [2.05, 4.69) is 0 Å². The van der Waals surface area contributed by atoms with Crippen LogP contribution in [0.3, 0.4) is 0 Å². The smallest absolute Gasteiger partial charge is 0.323 e. The lowest BCUT2D eigenvalue weighted by atomic mass is 10.2. The summed E-state index contributed by atoms with van der Waals surface area (Å²) in [5.41, 5.74) is 1.44. The molecule has 0 bridgehead atoms. The lowest BCUT2D eigenvalue weighted by Gasteiger charge is -2.21. The van der Waals surface area contributed by atoms with E-state index < -0.39 is 5.97 Å². The monoisotopic (exact) mass is 286 g/mol. The molecular formula is C16H18N2O3. The van der Waals surface area contributed by atoms with Crippen LogP contribution in [-0.2, 0) is 17.9 Å². The average molecular weight is 286 g/mol. The third-order valence-electron chi connectivity index (χ3n) is 3.24. The van der Waals surface area contributed by atoms with Crippen LogP contribution in [0.25, 0.3) is 0 Å². The average Bonchev–Trinajstić information content (AvgIpc) is 2.92. The summed E-state index contributed by atoms with van der Waals surface area (Å²) >= 11 is 0. The fourth-order valence-electron chi connectivity index (χ4n) is 2.18. The summed E-state index contributed by atoms with van der Waals surface area (Å²) in [5, 5.41) is 8.88. The summed E-state index contributed by atoms with van der Waals surface area (Å²) in [5.74, 6) is -1.13. The zero-order chi connectivity index (χ0) is 15.2. The number of carboxylic acid groups (broad SMARTS) is 1. The van der Waals surface area contributed by atoms with E-state index in [1.54, 1.807) is 23.2 Å². The second-order valence-electron chi connectivity index (χ2n) is 4.72. The van der Waals surface area contributed by atoms with E-state index in [1.165, 1.54) is 4.57 Å². The van der Waals surface area contributed by atoms with Crippen molar-refractivity contribution in [3.63, 3.8) is 0 Å². The Morgan fingerprint density at radius 3 is 2.48 bits per heavy atom. The van der Waals surface area contributed by atoms with E-state index in [0.29, 0.717) is 18.8 Å². The number of carbonyl (C=O) groups excluding carboxylic acids is 1. The minimum Gasteiger partial charge on any atom is -0.480 e. The van der Waals surface area contributed by atoms with Gasteiger partial charge in [0.15, 0.2) is 0 Å². The minimum atomic E-state index is -0.966. The van der Waals surface area contributed by atoms with Crippen LogP contribution < -0.4 is 0 Å². The van der Waals surface area contributed by atoms with Gasteiger partial charge in [-0.3, -0.25) is 9.59 Å². The first-order valence-corrected chi connectivity index (χ1v) is 6.82. The molecule has 2 rings (SSSR count). The molecule has 0 aliphatic rings. The summed E-state index contributed by atoms with van der Waals surface area (Å²) in [6.07, 6.45) is 1.61. The Kier molecular flexibility index (Phi) is 4.77. The first kappa shape index (κ1) is 14.8. The number of carboxylic acids is 1. The van der Waals surface area contributed by atoms with Crippen molar-refractivity contribution in [3.8, 4) is 0 Å². The standard InChI is InChI=1S/C16H18N2O3/c1-2-17(11-13-7-4-3-5-8-13)16(21)14-9-6-10-18(14)12-15(19)20/h3-10H,2,11-12H2,1H3,(H,19,20). The van der Waals surface area contributed by atoms with Gasteiger partial charge in [0.1, 0.15) is 12.2 Å². The van der Waals surface area contributed by atoms with Gasteiger partial charge in [-0.1, -0.05) is 30.3 Å². The number of aromatic nitrogens is 1. The fourth-order valence-corrected chi connectivity index (χ4v) is 2.18. The van der Waals surface area contributed by atoms with Crippen molar-refractivity contribution in [1.29, 1.82) is 0 Å². The number of benzene rings is 1. The molecule has 1 aromatic carbocycles. The topological polar surface area (TPSA) is 62.5 Å². The van der Waals surface area contributed by atoms with Gasteiger partial charge in [0, 0.05) is 19.3 Å². The number of hydrogen-bond acceptors (Lipinski definition) is 2. The summed E-state index contributed by atoms with van der Waals surface area (Å²) in [6, 6.07) is 13.1. The zero-order valence-corrected chi connectivity index (χ0v) is 11.9. The van der Waals surface area contributed by atoms with Gasteiger partial charge in [0.05, 0.1) is 0 Å². The molecule has 0 saturated heterocycles. The van der Waals surface area contributed by atoms with Crippen LogP contribution in [0.15, 0.2) is 48.7 Å². The highest BCUT2D eigenvalue weighted by atomic mass is 16.4. The summed E-state index contributed by atoms with van der Waals surface area (Å²) in [6.45, 7) is 2.77. The van der Waals surface area contributed by atoms with E-state index in [1.807, 2.05) is 37.3 Å². The number of carbonyl (C=O) groups is 2. The summed E-state index contributed by atoms with van der Waals surface area (Å²) < 4.78 is 1.46. The molecule has 0 fully saturated rings. The van der Waals surface area contributed by atoms with Crippen LogP contribution in [0.5, 0.6) is 0 Å². The molecule has 0 saturated carbocycles. The van der Waals surface area contributed by atoms with Crippen LogP contribution in [0.1, 0.15) is 23.0 Å². The first-order chi connectivity index (χ1) is 10.1. The van der Waals surface area contributed by atoms with Crippen molar-refractivity contribution >= 4 is 11.9 Å². The van der Waals surface area contributed by atoms with Crippen LogP contribution in [-0.4, -0.2) is 33.0 Å². The quantitative estimate of drug-likeness (QED) is 0.885. The first-order valence-electron chi connectivity index (χ1n) is 6.82. The Balaban J connectivity index is 2.17. The van der Waals surface area contributed by atoms with Crippen molar-refractivity contribution in [2.75, 3.05) is 6.54 Å². The molecule has 110 valence electrons. The van der Waals surface area contributed by atoms with Gasteiger partial charge < -0.3 is 14.6 Å². The van der Waals surface area contributed by atoms with Gasteiger partial charge in [-0.2, -0.15) is 0 Å². The summed E-state index contributed by atoms with van der Waals surface area (Å²) in [7, 11) is 0.